The average Bonchev–Trinajstić information content (AvgIpc) is 2.55. The van der Waals surface area contributed by atoms with E-state index in [0.29, 0.717) is 21.8 Å². The van der Waals surface area contributed by atoms with Gasteiger partial charge in [0.05, 0.1) is 0 Å². The van der Waals surface area contributed by atoms with E-state index < -0.39 is 0 Å². The van der Waals surface area contributed by atoms with Gasteiger partial charge in [-0.1, -0.05) is 11.6 Å². The molecule has 1 aromatic heterocycles. The van der Waals surface area contributed by atoms with E-state index in [4.69, 9.17) is 16.3 Å². The summed E-state index contributed by atoms with van der Waals surface area (Å²) in [7, 11) is 0. The first-order chi connectivity index (χ1) is 11.5. The predicted molar refractivity (Wildman–Crippen MR) is 94.9 cm³/mol. The summed E-state index contributed by atoms with van der Waals surface area (Å²) in [5.41, 5.74) is 1.98. The summed E-state index contributed by atoms with van der Waals surface area (Å²) in [6.45, 7) is 1.69. The Morgan fingerprint density at radius 3 is 2.67 bits per heavy atom. The Bertz CT molecular complexity index is 949. The fraction of sp³-hybridized carbons (Fsp3) is 0.111. The molecule has 0 unspecified atom stereocenters. The van der Waals surface area contributed by atoms with E-state index in [2.05, 4.69) is 10.3 Å². The SMILES string of the molecule is Cc1cc(=O)c2cc(NC(=O)COc3ccc(Cl)cc3)ccc2[nH]1. The van der Waals surface area contributed by atoms with Crippen molar-refractivity contribution in [1.29, 1.82) is 0 Å². The van der Waals surface area contributed by atoms with Crippen LogP contribution in [0.2, 0.25) is 5.02 Å². The summed E-state index contributed by atoms with van der Waals surface area (Å²) in [5, 5.41) is 3.84. The van der Waals surface area contributed by atoms with E-state index >= 15 is 0 Å². The highest BCUT2D eigenvalue weighted by atomic mass is 35.5. The topological polar surface area (TPSA) is 71.2 Å². The normalized spacial score (nSPS) is 10.6. The number of nitrogens with one attached hydrogen (secondary N) is 2. The summed E-state index contributed by atoms with van der Waals surface area (Å²) in [6, 6.07) is 13.4. The maximum Gasteiger partial charge on any atom is 0.262 e. The number of fused-ring (bicyclic) bond motifs is 1. The first kappa shape index (κ1) is 16.1. The van der Waals surface area contributed by atoms with Crippen molar-refractivity contribution in [3.8, 4) is 5.75 Å². The number of aryl methyl sites for hydroxylation is 1. The quantitative estimate of drug-likeness (QED) is 0.762. The summed E-state index contributed by atoms with van der Waals surface area (Å²) >= 11 is 5.79. The van der Waals surface area contributed by atoms with Gasteiger partial charge in [-0.25, -0.2) is 0 Å². The molecule has 122 valence electrons. The molecule has 3 rings (SSSR count). The van der Waals surface area contributed by atoms with Crippen LogP contribution >= 0.6 is 11.6 Å². The minimum atomic E-state index is -0.312. The molecule has 0 atom stereocenters. The van der Waals surface area contributed by atoms with Crippen molar-refractivity contribution in [1.82, 2.24) is 4.98 Å². The number of ether oxygens (including phenoxy) is 1. The van der Waals surface area contributed by atoms with Crippen LogP contribution in [-0.4, -0.2) is 17.5 Å². The summed E-state index contributed by atoms with van der Waals surface area (Å²) in [6.07, 6.45) is 0. The number of pyridine rings is 1. The molecule has 1 heterocycles. The number of hydrogen-bond acceptors (Lipinski definition) is 3. The van der Waals surface area contributed by atoms with E-state index in [1.54, 1.807) is 42.5 Å². The van der Waals surface area contributed by atoms with Gasteiger partial charge in [-0.15, -0.1) is 0 Å². The van der Waals surface area contributed by atoms with Crippen LogP contribution in [0.25, 0.3) is 10.9 Å². The lowest BCUT2D eigenvalue weighted by molar-refractivity contribution is -0.118. The second kappa shape index (κ2) is 6.76. The highest BCUT2D eigenvalue weighted by Crippen LogP contribution is 2.17. The van der Waals surface area contributed by atoms with Crippen LogP contribution in [0.15, 0.2) is 53.3 Å². The van der Waals surface area contributed by atoms with E-state index in [1.807, 2.05) is 6.92 Å². The third kappa shape index (κ3) is 3.75. The van der Waals surface area contributed by atoms with Gasteiger partial charge in [0.25, 0.3) is 5.91 Å². The number of amides is 1. The van der Waals surface area contributed by atoms with Gasteiger partial charge in [-0.2, -0.15) is 0 Å². The third-order valence-electron chi connectivity index (χ3n) is 3.43. The predicted octanol–water partition coefficient (Wildman–Crippen LogP) is 3.51. The number of anilines is 1. The zero-order chi connectivity index (χ0) is 17.1. The first-order valence-corrected chi connectivity index (χ1v) is 7.71. The zero-order valence-electron chi connectivity index (χ0n) is 12.9. The number of aromatic nitrogens is 1. The van der Waals surface area contributed by atoms with Gasteiger partial charge in [-0.05, 0) is 49.4 Å². The van der Waals surface area contributed by atoms with Crippen LogP contribution in [0.3, 0.4) is 0 Å². The summed E-state index contributed by atoms with van der Waals surface area (Å²) in [4.78, 5) is 27.1. The molecule has 0 radical (unpaired) electrons. The number of benzene rings is 2. The lowest BCUT2D eigenvalue weighted by Crippen LogP contribution is -2.20. The second-order valence-electron chi connectivity index (χ2n) is 5.37. The Balaban J connectivity index is 1.69. The van der Waals surface area contributed by atoms with Crippen molar-refractivity contribution in [2.24, 2.45) is 0 Å². The highest BCUT2D eigenvalue weighted by Gasteiger charge is 2.06. The largest absolute Gasteiger partial charge is 0.484 e. The fourth-order valence-corrected chi connectivity index (χ4v) is 2.46. The standard InChI is InChI=1S/C18H15ClN2O3/c1-11-8-17(22)15-9-13(4-7-16(15)20-11)21-18(23)10-24-14-5-2-12(19)3-6-14/h2-9H,10H2,1H3,(H,20,22)(H,21,23). The van der Waals surface area contributed by atoms with E-state index in [9.17, 15) is 9.59 Å². The lowest BCUT2D eigenvalue weighted by Gasteiger charge is -2.08. The van der Waals surface area contributed by atoms with Gasteiger partial charge >= 0.3 is 0 Å². The molecule has 3 aromatic rings. The molecule has 0 fully saturated rings. The molecule has 2 aromatic carbocycles. The lowest BCUT2D eigenvalue weighted by atomic mass is 10.1. The van der Waals surface area contributed by atoms with Gasteiger partial charge in [0.2, 0.25) is 0 Å². The Labute approximate surface area is 143 Å². The van der Waals surface area contributed by atoms with Crippen LogP contribution in [0.4, 0.5) is 5.69 Å². The maximum atomic E-state index is 12.0. The molecule has 24 heavy (non-hydrogen) atoms. The van der Waals surface area contributed by atoms with Crippen molar-refractivity contribution in [3.05, 3.63) is 69.5 Å². The molecule has 5 nitrogen and oxygen atoms in total. The maximum absolute atomic E-state index is 12.0. The molecule has 0 spiro atoms. The third-order valence-corrected chi connectivity index (χ3v) is 3.68. The Kier molecular flexibility index (Phi) is 4.53. The number of carbonyl (C=O) groups is 1. The Morgan fingerprint density at radius 1 is 1.17 bits per heavy atom. The van der Waals surface area contributed by atoms with Gasteiger partial charge in [0, 0.05) is 33.4 Å². The van der Waals surface area contributed by atoms with Crippen molar-refractivity contribution in [2.45, 2.75) is 6.92 Å². The first-order valence-electron chi connectivity index (χ1n) is 7.33. The fourth-order valence-electron chi connectivity index (χ4n) is 2.33. The van der Waals surface area contributed by atoms with Crippen LogP contribution in [0.5, 0.6) is 5.75 Å². The van der Waals surface area contributed by atoms with Gasteiger partial charge in [0.15, 0.2) is 12.0 Å². The van der Waals surface area contributed by atoms with Crippen LogP contribution in [0, 0.1) is 6.92 Å². The van der Waals surface area contributed by atoms with E-state index in [0.717, 1.165) is 11.2 Å². The van der Waals surface area contributed by atoms with E-state index in [1.165, 1.54) is 6.07 Å². The molecule has 0 saturated carbocycles. The van der Waals surface area contributed by atoms with Crippen molar-refractivity contribution >= 4 is 34.1 Å². The molecule has 6 heteroatoms. The molecule has 0 bridgehead atoms. The number of carbonyl (C=O) groups excluding carboxylic acids is 1. The molecule has 0 aliphatic heterocycles. The molecule has 2 N–H and O–H groups in total. The van der Waals surface area contributed by atoms with E-state index in [-0.39, 0.29) is 17.9 Å². The van der Waals surface area contributed by atoms with Crippen molar-refractivity contribution in [2.75, 3.05) is 11.9 Å². The number of H-pyrrole nitrogens is 1. The van der Waals surface area contributed by atoms with Crippen molar-refractivity contribution < 1.29 is 9.53 Å². The molecular weight excluding hydrogens is 328 g/mol. The summed E-state index contributed by atoms with van der Waals surface area (Å²) in [5.74, 6) is 0.243. The summed E-state index contributed by atoms with van der Waals surface area (Å²) < 4.78 is 5.38. The second-order valence-corrected chi connectivity index (χ2v) is 5.80. The van der Waals surface area contributed by atoms with Gasteiger partial charge < -0.3 is 15.0 Å². The van der Waals surface area contributed by atoms with Crippen LogP contribution in [0.1, 0.15) is 5.69 Å². The van der Waals surface area contributed by atoms with Crippen molar-refractivity contribution in [3.63, 3.8) is 0 Å². The molecule has 0 aliphatic rings. The van der Waals surface area contributed by atoms with Gasteiger partial charge in [0.1, 0.15) is 5.75 Å². The Hall–Kier alpha value is -2.79. The highest BCUT2D eigenvalue weighted by molar-refractivity contribution is 6.30. The molecule has 0 aliphatic carbocycles. The number of aromatic amines is 1. The smallest absolute Gasteiger partial charge is 0.262 e. The van der Waals surface area contributed by atoms with Crippen LogP contribution < -0.4 is 15.5 Å². The number of hydrogen-bond donors (Lipinski definition) is 2. The Morgan fingerprint density at radius 2 is 1.92 bits per heavy atom. The number of halogens is 1. The monoisotopic (exact) mass is 342 g/mol. The molecule has 0 saturated heterocycles. The molecular formula is C18H15ClN2O3. The number of rotatable bonds is 4. The van der Waals surface area contributed by atoms with Crippen LogP contribution in [-0.2, 0) is 4.79 Å². The average molecular weight is 343 g/mol. The zero-order valence-corrected chi connectivity index (χ0v) is 13.7. The molecule has 1 amide bonds. The van der Waals surface area contributed by atoms with Gasteiger partial charge in [-0.3, -0.25) is 9.59 Å². The minimum absolute atomic E-state index is 0.0882. The minimum Gasteiger partial charge on any atom is -0.484 e.